The third-order valence-corrected chi connectivity index (χ3v) is 3.55. The molecule has 1 aliphatic heterocycles. The normalized spacial score (nSPS) is 25.4. The van der Waals surface area contributed by atoms with Gasteiger partial charge in [0.15, 0.2) is 0 Å². The summed E-state index contributed by atoms with van der Waals surface area (Å²) in [6, 6.07) is 0. The summed E-state index contributed by atoms with van der Waals surface area (Å²) in [5, 5.41) is 3.48. The first-order chi connectivity index (χ1) is 7.26. The number of nitrogens with zero attached hydrogens (tertiary/aromatic N) is 1. The van der Waals surface area contributed by atoms with Gasteiger partial charge in [-0.25, -0.2) is 0 Å². The molecular formula is C13H28N2. The number of hydrogen-bond acceptors (Lipinski definition) is 2. The molecule has 1 aliphatic rings. The van der Waals surface area contributed by atoms with Crippen LogP contribution in [0.25, 0.3) is 0 Å². The van der Waals surface area contributed by atoms with Crippen LogP contribution in [0.1, 0.15) is 40.0 Å². The lowest BCUT2D eigenvalue weighted by Crippen LogP contribution is -2.41. The van der Waals surface area contributed by atoms with Gasteiger partial charge in [0.1, 0.15) is 0 Å². The van der Waals surface area contributed by atoms with Crippen molar-refractivity contribution in [2.45, 2.75) is 40.0 Å². The van der Waals surface area contributed by atoms with Crippen LogP contribution in [-0.2, 0) is 0 Å². The van der Waals surface area contributed by atoms with E-state index in [1.54, 1.807) is 0 Å². The van der Waals surface area contributed by atoms with Crippen molar-refractivity contribution >= 4 is 0 Å². The zero-order valence-electron chi connectivity index (χ0n) is 10.8. The average Bonchev–Trinajstić information content (AvgIpc) is 2.26. The second kappa shape index (κ2) is 7.24. The summed E-state index contributed by atoms with van der Waals surface area (Å²) in [6.07, 6.45) is 4.13. The standard InChI is InChI=1S/C13H28N2/c1-4-12(3)10-15-8-6-7-13(11-15)9-14-5-2/h12-14H,4-11H2,1-3H3. The maximum absolute atomic E-state index is 3.48. The van der Waals surface area contributed by atoms with Crippen LogP contribution in [0.5, 0.6) is 0 Å². The number of rotatable bonds is 6. The Morgan fingerprint density at radius 2 is 2.20 bits per heavy atom. The molecule has 0 aromatic heterocycles. The van der Waals surface area contributed by atoms with Crippen LogP contribution in [0.4, 0.5) is 0 Å². The SMILES string of the molecule is CCNCC1CCCN(CC(C)CC)C1. The highest BCUT2D eigenvalue weighted by molar-refractivity contribution is 4.75. The largest absolute Gasteiger partial charge is 0.317 e. The Labute approximate surface area is 95.4 Å². The van der Waals surface area contributed by atoms with Gasteiger partial charge in [0, 0.05) is 13.1 Å². The van der Waals surface area contributed by atoms with Crippen molar-refractivity contribution < 1.29 is 0 Å². The van der Waals surface area contributed by atoms with Crippen molar-refractivity contribution in [3.05, 3.63) is 0 Å². The third-order valence-electron chi connectivity index (χ3n) is 3.55. The molecule has 2 nitrogen and oxygen atoms in total. The van der Waals surface area contributed by atoms with Crippen LogP contribution in [0, 0.1) is 11.8 Å². The van der Waals surface area contributed by atoms with Crippen molar-refractivity contribution in [1.29, 1.82) is 0 Å². The Kier molecular flexibility index (Phi) is 6.26. The summed E-state index contributed by atoms with van der Waals surface area (Å²) in [6.45, 7) is 13.1. The van der Waals surface area contributed by atoms with Gasteiger partial charge in [0.05, 0.1) is 0 Å². The van der Waals surface area contributed by atoms with E-state index in [1.807, 2.05) is 0 Å². The third kappa shape index (κ3) is 4.98. The summed E-state index contributed by atoms with van der Waals surface area (Å²) in [5.74, 6) is 1.76. The Bertz CT molecular complexity index is 159. The summed E-state index contributed by atoms with van der Waals surface area (Å²) >= 11 is 0. The molecule has 0 radical (unpaired) electrons. The van der Waals surface area contributed by atoms with Gasteiger partial charge in [-0.15, -0.1) is 0 Å². The monoisotopic (exact) mass is 212 g/mol. The molecule has 2 atom stereocenters. The summed E-state index contributed by atoms with van der Waals surface area (Å²) in [7, 11) is 0. The molecule has 1 N–H and O–H groups in total. The van der Waals surface area contributed by atoms with E-state index in [-0.39, 0.29) is 0 Å². The molecule has 2 heteroatoms. The highest BCUT2D eigenvalue weighted by atomic mass is 15.1. The van der Waals surface area contributed by atoms with E-state index in [2.05, 4.69) is 31.0 Å². The molecule has 0 spiro atoms. The molecule has 0 saturated carbocycles. The first-order valence-electron chi connectivity index (χ1n) is 6.69. The highest BCUT2D eigenvalue weighted by Gasteiger charge is 2.20. The fraction of sp³-hybridized carbons (Fsp3) is 1.00. The van der Waals surface area contributed by atoms with Crippen LogP contribution < -0.4 is 5.32 Å². The van der Waals surface area contributed by atoms with E-state index in [0.29, 0.717) is 0 Å². The predicted molar refractivity (Wildman–Crippen MR) is 67.2 cm³/mol. The van der Waals surface area contributed by atoms with Crippen molar-refractivity contribution in [1.82, 2.24) is 10.2 Å². The smallest absolute Gasteiger partial charge is 0.00219 e. The highest BCUT2D eigenvalue weighted by Crippen LogP contribution is 2.17. The molecule has 0 amide bonds. The quantitative estimate of drug-likeness (QED) is 0.727. The summed E-state index contributed by atoms with van der Waals surface area (Å²) < 4.78 is 0. The van der Waals surface area contributed by atoms with Gasteiger partial charge in [-0.3, -0.25) is 0 Å². The molecule has 90 valence electrons. The maximum atomic E-state index is 3.48. The lowest BCUT2D eigenvalue weighted by Gasteiger charge is -2.34. The molecule has 2 unspecified atom stereocenters. The average molecular weight is 212 g/mol. The zero-order chi connectivity index (χ0) is 11.1. The van der Waals surface area contributed by atoms with E-state index in [0.717, 1.165) is 18.4 Å². The lowest BCUT2D eigenvalue weighted by molar-refractivity contribution is 0.152. The number of likely N-dealkylation sites (tertiary alicyclic amines) is 1. The molecule has 0 aromatic carbocycles. The first kappa shape index (κ1) is 13.0. The van der Waals surface area contributed by atoms with Crippen LogP contribution in [0.15, 0.2) is 0 Å². The van der Waals surface area contributed by atoms with Gasteiger partial charge in [0.2, 0.25) is 0 Å². The van der Waals surface area contributed by atoms with E-state index in [4.69, 9.17) is 0 Å². The second-order valence-electron chi connectivity index (χ2n) is 5.09. The fourth-order valence-electron chi connectivity index (χ4n) is 2.40. The van der Waals surface area contributed by atoms with Crippen molar-refractivity contribution in [3.63, 3.8) is 0 Å². The Hall–Kier alpha value is -0.0800. The van der Waals surface area contributed by atoms with Gasteiger partial charge in [-0.1, -0.05) is 27.2 Å². The Morgan fingerprint density at radius 3 is 2.87 bits per heavy atom. The van der Waals surface area contributed by atoms with Gasteiger partial charge in [0.25, 0.3) is 0 Å². The molecule has 1 fully saturated rings. The molecule has 0 aromatic rings. The predicted octanol–water partition coefficient (Wildman–Crippen LogP) is 2.35. The zero-order valence-corrected chi connectivity index (χ0v) is 10.8. The van der Waals surface area contributed by atoms with Crippen LogP contribution in [0.2, 0.25) is 0 Å². The van der Waals surface area contributed by atoms with Gasteiger partial charge in [-0.05, 0) is 44.3 Å². The Balaban J connectivity index is 2.22. The molecule has 0 bridgehead atoms. The Morgan fingerprint density at radius 1 is 1.40 bits per heavy atom. The molecule has 1 heterocycles. The van der Waals surface area contributed by atoms with Crippen LogP contribution >= 0.6 is 0 Å². The van der Waals surface area contributed by atoms with E-state index in [9.17, 15) is 0 Å². The van der Waals surface area contributed by atoms with Crippen LogP contribution in [0.3, 0.4) is 0 Å². The lowest BCUT2D eigenvalue weighted by atomic mass is 9.96. The molecule has 15 heavy (non-hydrogen) atoms. The van der Waals surface area contributed by atoms with E-state index >= 15 is 0 Å². The van der Waals surface area contributed by atoms with Crippen molar-refractivity contribution in [2.24, 2.45) is 11.8 Å². The van der Waals surface area contributed by atoms with Gasteiger partial charge < -0.3 is 10.2 Å². The number of piperidine rings is 1. The van der Waals surface area contributed by atoms with Crippen molar-refractivity contribution in [3.8, 4) is 0 Å². The number of hydrogen-bond donors (Lipinski definition) is 1. The topological polar surface area (TPSA) is 15.3 Å². The molecule has 0 aliphatic carbocycles. The summed E-state index contributed by atoms with van der Waals surface area (Å²) in [5.41, 5.74) is 0. The van der Waals surface area contributed by atoms with Crippen molar-refractivity contribution in [2.75, 3.05) is 32.7 Å². The van der Waals surface area contributed by atoms with Crippen LogP contribution in [-0.4, -0.2) is 37.6 Å². The first-order valence-corrected chi connectivity index (χ1v) is 6.69. The van der Waals surface area contributed by atoms with Gasteiger partial charge >= 0.3 is 0 Å². The summed E-state index contributed by atoms with van der Waals surface area (Å²) in [4.78, 5) is 2.67. The molecule has 1 rings (SSSR count). The minimum Gasteiger partial charge on any atom is -0.317 e. The minimum atomic E-state index is 0.864. The molecule has 1 saturated heterocycles. The second-order valence-corrected chi connectivity index (χ2v) is 5.09. The minimum absolute atomic E-state index is 0.864. The van der Waals surface area contributed by atoms with Gasteiger partial charge in [-0.2, -0.15) is 0 Å². The van der Waals surface area contributed by atoms with E-state index in [1.165, 1.54) is 45.4 Å². The van der Waals surface area contributed by atoms with E-state index < -0.39 is 0 Å². The number of nitrogens with one attached hydrogen (secondary N) is 1. The molecular weight excluding hydrogens is 184 g/mol. The fourth-order valence-corrected chi connectivity index (χ4v) is 2.40. The maximum Gasteiger partial charge on any atom is 0.00219 e.